The van der Waals surface area contributed by atoms with E-state index in [-0.39, 0.29) is 23.7 Å². The number of benzene rings is 1. The highest BCUT2D eigenvalue weighted by Gasteiger charge is 2.49. The fourth-order valence-electron chi connectivity index (χ4n) is 3.44. The number of nitrogens with one attached hydrogen (secondary N) is 1. The molecule has 2 heterocycles. The van der Waals surface area contributed by atoms with Crippen molar-refractivity contribution in [2.75, 3.05) is 36.4 Å². The van der Waals surface area contributed by atoms with Gasteiger partial charge in [0.15, 0.2) is 0 Å². The average molecular weight is 376 g/mol. The lowest BCUT2D eigenvalue weighted by molar-refractivity contribution is -0.134. The van der Waals surface area contributed by atoms with Crippen molar-refractivity contribution >= 4 is 23.5 Å². The van der Waals surface area contributed by atoms with Gasteiger partial charge in [-0.15, -0.1) is 0 Å². The number of hydrogen-bond donors (Lipinski definition) is 1. The molecule has 0 spiro atoms. The van der Waals surface area contributed by atoms with Gasteiger partial charge in [0.2, 0.25) is 17.8 Å². The Balaban J connectivity index is 1.27. The van der Waals surface area contributed by atoms with Gasteiger partial charge in [0.05, 0.1) is 23.5 Å². The van der Waals surface area contributed by atoms with Gasteiger partial charge in [-0.3, -0.25) is 9.59 Å². The Hall–Kier alpha value is -3.47. The van der Waals surface area contributed by atoms with E-state index in [1.165, 1.54) is 0 Å². The third-order valence-electron chi connectivity index (χ3n) is 5.15. The van der Waals surface area contributed by atoms with Gasteiger partial charge in [-0.1, -0.05) is 0 Å². The van der Waals surface area contributed by atoms with Crippen molar-refractivity contribution in [3.05, 3.63) is 48.3 Å². The SMILES string of the molecule is N#Cc1ccc(NC(=O)C2CC2C(=O)N2CCN(c3ncccn3)CC2)cc1. The third kappa shape index (κ3) is 3.78. The second kappa shape index (κ2) is 7.64. The molecule has 1 saturated heterocycles. The number of hydrogen-bond acceptors (Lipinski definition) is 6. The predicted octanol–water partition coefficient (Wildman–Crippen LogP) is 1.27. The second-order valence-corrected chi connectivity index (χ2v) is 6.99. The molecule has 1 aromatic carbocycles. The van der Waals surface area contributed by atoms with E-state index in [1.807, 2.05) is 11.0 Å². The van der Waals surface area contributed by atoms with Crippen LogP contribution in [0.1, 0.15) is 12.0 Å². The summed E-state index contributed by atoms with van der Waals surface area (Å²) in [6.07, 6.45) is 4.01. The molecule has 142 valence electrons. The lowest BCUT2D eigenvalue weighted by atomic mass is 10.2. The summed E-state index contributed by atoms with van der Waals surface area (Å²) in [5.41, 5.74) is 1.18. The first-order valence-electron chi connectivity index (χ1n) is 9.27. The smallest absolute Gasteiger partial charge is 0.228 e. The maximum atomic E-state index is 12.7. The molecule has 2 amide bonds. The number of anilines is 2. The fraction of sp³-hybridized carbons (Fsp3) is 0.350. The minimum Gasteiger partial charge on any atom is -0.339 e. The zero-order valence-corrected chi connectivity index (χ0v) is 15.3. The highest BCUT2D eigenvalue weighted by atomic mass is 16.2. The van der Waals surface area contributed by atoms with Crippen molar-refractivity contribution in [2.45, 2.75) is 6.42 Å². The second-order valence-electron chi connectivity index (χ2n) is 6.99. The van der Waals surface area contributed by atoms with E-state index in [0.29, 0.717) is 49.8 Å². The molecule has 0 bridgehead atoms. The minimum atomic E-state index is -0.279. The molecule has 1 N–H and O–H groups in total. The number of aromatic nitrogens is 2. The van der Waals surface area contributed by atoms with E-state index in [4.69, 9.17) is 5.26 Å². The first-order chi connectivity index (χ1) is 13.7. The number of nitriles is 1. The molecule has 1 saturated carbocycles. The summed E-state index contributed by atoms with van der Waals surface area (Å²) in [6.45, 7) is 2.59. The van der Waals surface area contributed by atoms with Crippen LogP contribution < -0.4 is 10.2 Å². The van der Waals surface area contributed by atoms with Crippen LogP contribution in [-0.2, 0) is 9.59 Å². The first-order valence-corrected chi connectivity index (χ1v) is 9.27. The fourth-order valence-corrected chi connectivity index (χ4v) is 3.44. The molecule has 4 rings (SSSR count). The van der Waals surface area contributed by atoms with Crippen LogP contribution in [0.5, 0.6) is 0 Å². The Morgan fingerprint density at radius 3 is 2.36 bits per heavy atom. The Bertz CT molecular complexity index is 901. The van der Waals surface area contributed by atoms with Crippen LogP contribution in [0.25, 0.3) is 0 Å². The molecular formula is C20H20N6O2. The monoisotopic (exact) mass is 376 g/mol. The van der Waals surface area contributed by atoms with Crippen LogP contribution in [-0.4, -0.2) is 52.9 Å². The van der Waals surface area contributed by atoms with Gasteiger partial charge < -0.3 is 15.1 Å². The molecule has 8 heteroatoms. The number of rotatable bonds is 4. The Morgan fingerprint density at radius 1 is 1.04 bits per heavy atom. The number of amides is 2. The van der Waals surface area contributed by atoms with Crippen molar-refractivity contribution < 1.29 is 9.59 Å². The maximum Gasteiger partial charge on any atom is 0.228 e. The minimum absolute atomic E-state index is 0.0496. The summed E-state index contributed by atoms with van der Waals surface area (Å²) in [5, 5.41) is 11.6. The van der Waals surface area contributed by atoms with Crippen molar-refractivity contribution in [1.82, 2.24) is 14.9 Å². The highest BCUT2D eigenvalue weighted by Crippen LogP contribution is 2.41. The van der Waals surface area contributed by atoms with E-state index in [9.17, 15) is 9.59 Å². The molecule has 1 aliphatic heterocycles. The molecule has 2 fully saturated rings. The number of piperazine rings is 1. The van der Waals surface area contributed by atoms with Crippen LogP contribution in [0.2, 0.25) is 0 Å². The van der Waals surface area contributed by atoms with Crippen LogP contribution in [0.3, 0.4) is 0 Å². The predicted molar refractivity (Wildman–Crippen MR) is 102 cm³/mol. The van der Waals surface area contributed by atoms with Crippen LogP contribution in [0.15, 0.2) is 42.7 Å². The van der Waals surface area contributed by atoms with Crippen molar-refractivity contribution in [1.29, 1.82) is 5.26 Å². The van der Waals surface area contributed by atoms with E-state index >= 15 is 0 Å². The average Bonchev–Trinajstić information content (AvgIpc) is 3.56. The summed E-state index contributed by atoms with van der Waals surface area (Å²) in [6, 6.07) is 10.5. The molecule has 1 aliphatic carbocycles. The number of carbonyl (C=O) groups excluding carboxylic acids is 2. The molecule has 2 atom stereocenters. The molecular weight excluding hydrogens is 356 g/mol. The first kappa shape index (κ1) is 17.9. The van der Waals surface area contributed by atoms with Gasteiger partial charge in [0.1, 0.15) is 0 Å². The molecule has 2 aromatic rings. The van der Waals surface area contributed by atoms with Gasteiger partial charge >= 0.3 is 0 Å². The van der Waals surface area contributed by atoms with Gasteiger partial charge in [0.25, 0.3) is 0 Å². The zero-order chi connectivity index (χ0) is 19.5. The summed E-state index contributed by atoms with van der Waals surface area (Å²) < 4.78 is 0. The largest absolute Gasteiger partial charge is 0.339 e. The standard InChI is InChI=1S/C20H20N6O2/c21-13-14-2-4-15(5-3-14)24-18(27)16-12-17(16)19(28)25-8-10-26(11-9-25)20-22-6-1-7-23-20/h1-7,16-17H,8-12H2,(H,24,27). The van der Waals surface area contributed by atoms with E-state index in [0.717, 1.165) is 0 Å². The lowest BCUT2D eigenvalue weighted by Crippen LogP contribution is -2.50. The maximum absolute atomic E-state index is 12.7. The van der Waals surface area contributed by atoms with Crippen LogP contribution in [0.4, 0.5) is 11.6 Å². The third-order valence-corrected chi connectivity index (χ3v) is 5.15. The molecule has 28 heavy (non-hydrogen) atoms. The van der Waals surface area contributed by atoms with E-state index < -0.39 is 0 Å². The Morgan fingerprint density at radius 2 is 1.71 bits per heavy atom. The molecule has 2 aliphatic rings. The van der Waals surface area contributed by atoms with Gasteiger partial charge in [0, 0.05) is 44.3 Å². The zero-order valence-electron chi connectivity index (χ0n) is 15.3. The summed E-state index contributed by atoms with van der Waals surface area (Å²) in [7, 11) is 0. The van der Waals surface area contributed by atoms with Crippen LogP contribution in [0, 0.1) is 23.2 Å². The summed E-state index contributed by atoms with van der Waals surface area (Å²) in [5.74, 6) is 0.0743. The van der Waals surface area contributed by atoms with Crippen molar-refractivity contribution in [3.63, 3.8) is 0 Å². The van der Waals surface area contributed by atoms with Crippen molar-refractivity contribution in [3.8, 4) is 6.07 Å². The van der Waals surface area contributed by atoms with Gasteiger partial charge in [-0.05, 0) is 36.8 Å². The highest BCUT2D eigenvalue weighted by molar-refractivity contribution is 5.99. The molecule has 0 radical (unpaired) electrons. The van der Waals surface area contributed by atoms with Gasteiger partial charge in [-0.25, -0.2) is 9.97 Å². The molecule has 1 aromatic heterocycles. The van der Waals surface area contributed by atoms with Gasteiger partial charge in [-0.2, -0.15) is 5.26 Å². The van der Waals surface area contributed by atoms with Crippen LogP contribution >= 0.6 is 0 Å². The lowest BCUT2D eigenvalue weighted by Gasteiger charge is -2.34. The number of nitrogens with zero attached hydrogens (tertiary/aromatic N) is 5. The number of carbonyl (C=O) groups is 2. The molecule has 8 nitrogen and oxygen atoms in total. The Kier molecular flexibility index (Phi) is 4.89. The van der Waals surface area contributed by atoms with E-state index in [2.05, 4.69) is 20.2 Å². The summed E-state index contributed by atoms with van der Waals surface area (Å²) >= 11 is 0. The normalized spacial score (nSPS) is 21.0. The quantitative estimate of drug-likeness (QED) is 0.862. The summed E-state index contributed by atoms with van der Waals surface area (Å²) in [4.78, 5) is 37.5. The van der Waals surface area contributed by atoms with Crippen molar-refractivity contribution in [2.24, 2.45) is 11.8 Å². The molecule has 2 unspecified atom stereocenters. The topological polar surface area (TPSA) is 102 Å². The van der Waals surface area contributed by atoms with E-state index in [1.54, 1.807) is 42.7 Å². The Labute approximate surface area is 162 Å².